The van der Waals surface area contributed by atoms with Crippen molar-refractivity contribution in [3.05, 3.63) is 59.7 Å². The van der Waals surface area contributed by atoms with Gasteiger partial charge in [-0.2, -0.15) is 0 Å². The zero-order chi connectivity index (χ0) is 20.8. The number of amides is 3. The lowest BCUT2D eigenvalue weighted by Crippen LogP contribution is -2.40. The van der Waals surface area contributed by atoms with Crippen molar-refractivity contribution >= 4 is 34.9 Å². The SMILES string of the molecule is CC(=O)Nc1ccccc1C(=O)C(=O)Nc1cccc(C(=O)N2CCOCC2)c1. The van der Waals surface area contributed by atoms with Gasteiger partial charge < -0.3 is 20.3 Å². The maximum absolute atomic E-state index is 12.6. The number of para-hydroxylation sites is 1. The van der Waals surface area contributed by atoms with E-state index in [1.54, 1.807) is 41.3 Å². The number of morpholine rings is 1. The lowest BCUT2D eigenvalue weighted by Gasteiger charge is -2.27. The summed E-state index contributed by atoms with van der Waals surface area (Å²) in [5, 5.41) is 5.06. The molecule has 1 aliphatic heterocycles. The fourth-order valence-electron chi connectivity index (χ4n) is 2.97. The quantitative estimate of drug-likeness (QED) is 0.595. The van der Waals surface area contributed by atoms with Crippen LogP contribution < -0.4 is 10.6 Å². The van der Waals surface area contributed by atoms with Gasteiger partial charge in [0, 0.05) is 31.3 Å². The lowest BCUT2D eigenvalue weighted by molar-refractivity contribution is -0.114. The number of ketones is 1. The summed E-state index contributed by atoms with van der Waals surface area (Å²) in [7, 11) is 0. The fraction of sp³-hybridized carbons (Fsp3) is 0.238. The van der Waals surface area contributed by atoms with E-state index in [1.165, 1.54) is 19.1 Å². The molecular weight excluding hydrogens is 374 g/mol. The highest BCUT2D eigenvalue weighted by Crippen LogP contribution is 2.18. The Bertz CT molecular complexity index is 951. The van der Waals surface area contributed by atoms with E-state index in [0.29, 0.717) is 37.6 Å². The second-order valence-electron chi connectivity index (χ2n) is 6.50. The number of carbonyl (C=O) groups excluding carboxylic acids is 4. The standard InChI is InChI=1S/C21H21N3O5/c1-14(25)22-18-8-3-2-7-17(18)19(26)20(27)23-16-6-4-5-15(13-16)21(28)24-9-11-29-12-10-24/h2-8,13H,9-12H2,1H3,(H,22,25)(H,23,27). The van der Waals surface area contributed by atoms with Gasteiger partial charge in [-0.1, -0.05) is 18.2 Å². The van der Waals surface area contributed by atoms with E-state index in [0.717, 1.165) is 0 Å². The van der Waals surface area contributed by atoms with Gasteiger partial charge in [-0.15, -0.1) is 0 Å². The molecule has 0 atom stereocenters. The van der Waals surface area contributed by atoms with E-state index in [2.05, 4.69) is 10.6 Å². The minimum atomic E-state index is -0.862. The predicted molar refractivity (Wildman–Crippen MR) is 107 cm³/mol. The zero-order valence-electron chi connectivity index (χ0n) is 15.9. The Morgan fingerprint density at radius 3 is 2.38 bits per heavy atom. The van der Waals surface area contributed by atoms with Gasteiger partial charge in [0.15, 0.2) is 0 Å². The van der Waals surface area contributed by atoms with Crippen LogP contribution >= 0.6 is 0 Å². The Kier molecular flexibility index (Phi) is 6.36. The molecule has 3 amide bonds. The Hall–Kier alpha value is -3.52. The van der Waals surface area contributed by atoms with Crippen molar-refractivity contribution in [2.24, 2.45) is 0 Å². The minimum Gasteiger partial charge on any atom is -0.378 e. The number of carbonyl (C=O) groups is 4. The van der Waals surface area contributed by atoms with Gasteiger partial charge in [0.05, 0.1) is 24.5 Å². The molecule has 1 saturated heterocycles. The van der Waals surface area contributed by atoms with Crippen molar-refractivity contribution in [1.29, 1.82) is 0 Å². The summed E-state index contributed by atoms with van der Waals surface area (Å²) in [5.41, 5.74) is 1.09. The molecule has 0 saturated carbocycles. The number of nitrogens with one attached hydrogen (secondary N) is 2. The molecule has 0 radical (unpaired) electrons. The molecule has 0 spiro atoms. The Morgan fingerprint density at radius 1 is 0.931 bits per heavy atom. The van der Waals surface area contributed by atoms with Crippen LogP contribution in [0.15, 0.2) is 48.5 Å². The van der Waals surface area contributed by atoms with E-state index in [1.807, 2.05) is 0 Å². The van der Waals surface area contributed by atoms with Crippen LogP contribution in [0.1, 0.15) is 27.6 Å². The second kappa shape index (κ2) is 9.11. The van der Waals surface area contributed by atoms with Crippen molar-refractivity contribution in [2.75, 3.05) is 36.9 Å². The third-order valence-corrected chi connectivity index (χ3v) is 4.35. The van der Waals surface area contributed by atoms with Gasteiger partial charge in [0.25, 0.3) is 17.6 Å². The maximum Gasteiger partial charge on any atom is 0.296 e. The van der Waals surface area contributed by atoms with E-state index in [-0.39, 0.29) is 23.1 Å². The molecule has 2 aromatic rings. The van der Waals surface area contributed by atoms with E-state index in [4.69, 9.17) is 4.74 Å². The van der Waals surface area contributed by atoms with Gasteiger partial charge in [-0.05, 0) is 30.3 Å². The van der Waals surface area contributed by atoms with E-state index < -0.39 is 11.7 Å². The molecule has 8 heteroatoms. The van der Waals surface area contributed by atoms with Gasteiger partial charge in [-0.3, -0.25) is 19.2 Å². The molecule has 1 heterocycles. The second-order valence-corrected chi connectivity index (χ2v) is 6.50. The number of anilines is 2. The molecule has 0 bridgehead atoms. The number of hydrogen-bond donors (Lipinski definition) is 2. The minimum absolute atomic E-state index is 0.0840. The number of nitrogens with zero attached hydrogens (tertiary/aromatic N) is 1. The molecular formula is C21H21N3O5. The van der Waals surface area contributed by atoms with Gasteiger partial charge in [0.1, 0.15) is 0 Å². The Balaban J connectivity index is 1.73. The summed E-state index contributed by atoms with van der Waals surface area (Å²) >= 11 is 0. The van der Waals surface area contributed by atoms with Gasteiger partial charge >= 0.3 is 0 Å². The maximum atomic E-state index is 12.6. The van der Waals surface area contributed by atoms with Crippen molar-refractivity contribution < 1.29 is 23.9 Å². The van der Waals surface area contributed by atoms with Crippen molar-refractivity contribution in [3.63, 3.8) is 0 Å². The van der Waals surface area contributed by atoms with Crippen molar-refractivity contribution in [1.82, 2.24) is 4.90 Å². The molecule has 0 aromatic heterocycles. The number of Topliss-reactive ketones (excluding diaryl/α,β-unsaturated/α-hetero) is 1. The summed E-state index contributed by atoms with van der Waals surface area (Å²) in [6, 6.07) is 12.7. The zero-order valence-corrected chi connectivity index (χ0v) is 15.9. The number of ether oxygens (including phenoxy) is 1. The van der Waals surface area contributed by atoms with Crippen LogP contribution in [-0.4, -0.2) is 54.7 Å². The predicted octanol–water partition coefficient (Wildman–Crippen LogP) is 1.94. The van der Waals surface area contributed by atoms with Crippen LogP contribution in [0.3, 0.4) is 0 Å². The smallest absolute Gasteiger partial charge is 0.296 e. The van der Waals surface area contributed by atoms with Gasteiger partial charge in [-0.25, -0.2) is 0 Å². The van der Waals surface area contributed by atoms with E-state index >= 15 is 0 Å². The molecule has 8 nitrogen and oxygen atoms in total. The third kappa shape index (κ3) is 5.05. The van der Waals surface area contributed by atoms with Crippen LogP contribution in [-0.2, 0) is 14.3 Å². The summed E-state index contributed by atoms with van der Waals surface area (Å²) in [6.07, 6.45) is 0. The first-order valence-electron chi connectivity index (χ1n) is 9.15. The highest BCUT2D eigenvalue weighted by Gasteiger charge is 2.22. The summed E-state index contributed by atoms with van der Waals surface area (Å²) in [5.74, 6) is -2.16. The normalized spacial score (nSPS) is 13.5. The highest BCUT2D eigenvalue weighted by molar-refractivity contribution is 6.47. The Labute approximate surface area is 167 Å². The third-order valence-electron chi connectivity index (χ3n) is 4.35. The van der Waals surface area contributed by atoms with Crippen LogP contribution in [0.4, 0.5) is 11.4 Å². The molecule has 1 fully saturated rings. The topological polar surface area (TPSA) is 105 Å². The van der Waals surface area contributed by atoms with Crippen molar-refractivity contribution in [2.45, 2.75) is 6.92 Å². The molecule has 0 unspecified atom stereocenters. The monoisotopic (exact) mass is 395 g/mol. The summed E-state index contributed by atoms with van der Waals surface area (Å²) < 4.78 is 5.25. The molecule has 29 heavy (non-hydrogen) atoms. The first kappa shape index (κ1) is 20.2. The first-order chi connectivity index (χ1) is 14.0. The molecule has 1 aliphatic rings. The molecule has 2 N–H and O–H groups in total. The number of benzene rings is 2. The first-order valence-corrected chi connectivity index (χ1v) is 9.15. The average molecular weight is 395 g/mol. The van der Waals surface area contributed by atoms with E-state index in [9.17, 15) is 19.2 Å². The van der Waals surface area contributed by atoms with Crippen LogP contribution in [0.2, 0.25) is 0 Å². The largest absolute Gasteiger partial charge is 0.378 e. The molecule has 150 valence electrons. The van der Waals surface area contributed by atoms with Crippen LogP contribution in [0.5, 0.6) is 0 Å². The lowest BCUT2D eigenvalue weighted by atomic mass is 10.1. The fourth-order valence-corrected chi connectivity index (χ4v) is 2.97. The number of rotatable bonds is 5. The average Bonchev–Trinajstić information content (AvgIpc) is 2.73. The van der Waals surface area contributed by atoms with Crippen LogP contribution in [0.25, 0.3) is 0 Å². The molecule has 2 aromatic carbocycles. The molecule has 3 rings (SSSR count). The highest BCUT2D eigenvalue weighted by atomic mass is 16.5. The Morgan fingerprint density at radius 2 is 1.66 bits per heavy atom. The van der Waals surface area contributed by atoms with Crippen molar-refractivity contribution in [3.8, 4) is 0 Å². The van der Waals surface area contributed by atoms with Crippen LogP contribution in [0, 0.1) is 0 Å². The number of hydrogen-bond acceptors (Lipinski definition) is 5. The summed E-state index contributed by atoms with van der Waals surface area (Å²) in [4.78, 5) is 50.6. The summed E-state index contributed by atoms with van der Waals surface area (Å²) in [6.45, 7) is 3.31. The molecule has 0 aliphatic carbocycles. The van der Waals surface area contributed by atoms with Gasteiger partial charge in [0.2, 0.25) is 5.91 Å².